The fourth-order valence-electron chi connectivity index (χ4n) is 2.60. The lowest BCUT2D eigenvalue weighted by atomic mass is 10.2. The maximum atomic E-state index is 12.6. The highest BCUT2D eigenvalue weighted by Crippen LogP contribution is 2.33. The normalized spacial score (nSPS) is 12.2. The minimum atomic E-state index is -0.499. The van der Waals surface area contributed by atoms with Crippen LogP contribution in [0.3, 0.4) is 0 Å². The lowest BCUT2D eigenvalue weighted by Gasteiger charge is -2.08. The van der Waals surface area contributed by atoms with Crippen molar-refractivity contribution in [3.63, 3.8) is 0 Å². The van der Waals surface area contributed by atoms with Crippen molar-refractivity contribution in [1.82, 2.24) is 9.78 Å². The molecule has 0 atom stereocenters. The van der Waals surface area contributed by atoms with E-state index in [1.54, 1.807) is 41.1 Å². The van der Waals surface area contributed by atoms with E-state index in [1.165, 1.54) is 0 Å². The Morgan fingerprint density at radius 1 is 1.15 bits per heavy atom. The predicted octanol–water partition coefficient (Wildman–Crippen LogP) is 4.04. The molecule has 0 aliphatic carbocycles. The molecule has 1 aromatic heterocycles. The number of carbonyl (C=O) groups excluding carboxylic acids is 1. The van der Waals surface area contributed by atoms with Crippen LogP contribution in [0.5, 0.6) is 17.4 Å². The topological polar surface area (TPSA) is 62.6 Å². The second-order valence-electron chi connectivity index (χ2n) is 5.67. The molecule has 6 nitrogen and oxygen atoms in total. The number of hydrogen-bond donors (Lipinski definition) is 0. The van der Waals surface area contributed by atoms with E-state index < -0.39 is 5.97 Å². The molecule has 0 bridgehead atoms. The SMILES string of the molecule is CCc1cc(OC(=O)c2ccc3c(c2)OCO3)n(-c2ccc(Cl)cc2)n1. The number of carbonyl (C=O) groups is 1. The zero-order valence-corrected chi connectivity index (χ0v) is 14.7. The van der Waals surface area contributed by atoms with Crippen molar-refractivity contribution < 1.29 is 19.0 Å². The van der Waals surface area contributed by atoms with Gasteiger partial charge in [-0.05, 0) is 48.9 Å². The van der Waals surface area contributed by atoms with Gasteiger partial charge in [-0.3, -0.25) is 0 Å². The highest BCUT2D eigenvalue weighted by Gasteiger charge is 2.19. The van der Waals surface area contributed by atoms with Crippen LogP contribution in [0.4, 0.5) is 0 Å². The predicted molar refractivity (Wildman–Crippen MR) is 95.5 cm³/mol. The Kier molecular flexibility index (Phi) is 4.26. The molecule has 0 N–H and O–H groups in total. The molecule has 132 valence electrons. The number of hydrogen-bond acceptors (Lipinski definition) is 5. The number of fused-ring (bicyclic) bond motifs is 1. The number of nitrogens with zero attached hydrogens (tertiary/aromatic N) is 2. The fourth-order valence-corrected chi connectivity index (χ4v) is 2.73. The van der Waals surface area contributed by atoms with E-state index in [9.17, 15) is 4.79 Å². The minimum Gasteiger partial charge on any atom is -0.454 e. The van der Waals surface area contributed by atoms with Gasteiger partial charge in [-0.25, -0.2) is 9.48 Å². The number of rotatable bonds is 4. The summed E-state index contributed by atoms with van der Waals surface area (Å²) in [4.78, 5) is 12.6. The molecule has 0 spiro atoms. The standard InChI is InChI=1S/C19H15ClN2O4/c1-2-14-10-18(22(21-14)15-6-4-13(20)5-7-15)26-19(23)12-3-8-16-17(9-12)25-11-24-16/h3-10H,2,11H2,1H3. The van der Waals surface area contributed by atoms with Gasteiger partial charge in [-0.15, -0.1) is 0 Å². The third-order valence-electron chi connectivity index (χ3n) is 3.97. The van der Waals surface area contributed by atoms with E-state index >= 15 is 0 Å². The Morgan fingerprint density at radius 3 is 2.69 bits per heavy atom. The van der Waals surface area contributed by atoms with E-state index in [0.29, 0.717) is 28.0 Å². The lowest BCUT2D eigenvalue weighted by molar-refractivity contribution is 0.0722. The van der Waals surface area contributed by atoms with Crippen LogP contribution in [-0.2, 0) is 6.42 Å². The number of halogens is 1. The van der Waals surface area contributed by atoms with Crippen molar-refractivity contribution in [2.24, 2.45) is 0 Å². The average Bonchev–Trinajstić information content (AvgIpc) is 3.28. The van der Waals surface area contributed by atoms with E-state index in [1.807, 2.05) is 19.1 Å². The summed E-state index contributed by atoms with van der Waals surface area (Å²) in [6, 6.07) is 13.8. The quantitative estimate of drug-likeness (QED) is 0.649. The number of esters is 1. The Bertz CT molecular complexity index is 966. The first kappa shape index (κ1) is 16.5. The van der Waals surface area contributed by atoms with Crippen molar-refractivity contribution in [3.8, 4) is 23.1 Å². The van der Waals surface area contributed by atoms with Gasteiger partial charge in [0, 0.05) is 11.1 Å². The van der Waals surface area contributed by atoms with Gasteiger partial charge in [0.25, 0.3) is 0 Å². The Labute approximate surface area is 154 Å². The molecule has 4 rings (SSSR count). The molecule has 0 fully saturated rings. The smallest absolute Gasteiger partial charge is 0.344 e. The Morgan fingerprint density at radius 2 is 1.92 bits per heavy atom. The molecule has 0 saturated carbocycles. The summed E-state index contributed by atoms with van der Waals surface area (Å²) in [6.45, 7) is 2.13. The first-order valence-electron chi connectivity index (χ1n) is 8.11. The summed E-state index contributed by atoms with van der Waals surface area (Å²) in [7, 11) is 0. The van der Waals surface area contributed by atoms with Gasteiger partial charge in [0.1, 0.15) is 0 Å². The van der Waals surface area contributed by atoms with E-state index in [2.05, 4.69) is 5.10 Å². The van der Waals surface area contributed by atoms with Crippen molar-refractivity contribution in [2.45, 2.75) is 13.3 Å². The molecule has 1 aliphatic rings. The van der Waals surface area contributed by atoms with Gasteiger partial charge in [0.05, 0.1) is 16.9 Å². The maximum Gasteiger partial charge on any atom is 0.344 e. The molecular formula is C19H15ClN2O4. The highest BCUT2D eigenvalue weighted by atomic mass is 35.5. The summed E-state index contributed by atoms with van der Waals surface area (Å²) < 4.78 is 17.7. The number of benzene rings is 2. The molecule has 3 aromatic rings. The third-order valence-corrected chi connectivity index (χ3v) is 4.22. The summed E-state index contributed by atoms with van der Waals surface area (Å²) in [5.41, 5.74) is 1.94. The largest absolute Gasteiger partial charge is 0.454 e. The zero-order valence-electron chi connectivity index (χ0n) is 13.9. The van der Waals surface area contributed by atoms with Gasteiger partial charge in [0.2, 0.25) is 12.7 Å². The molecule has 2 aromatic carbocycles. The van der Waals surface area contributed by atoms with E-state index in [4.69, 9.17) is 25.8 Å². The second kappa shape index (κ2) is 6.72. The second-order valence-corrected chi connectivity index (χ2v) is 6.11. The summed E-state index contributed by atoms with van der Waals surface area (Å²) in [6.07, 6.45) is 0.717. The highest BCUT2D eigenvalue weighted by molar-refractivity contribution is 6.30. The number of aromatic nitrogens is 2. The molecule has 26 heavy (non-hydrogen) atoms. The van der Waals surface area contributed by atoms with Crippen molar-refractivity contribution in [3.05, 3.63) is 64.8 Å². The molecule has 0 radical (unpaired) electrons. The van der Waals surface area contributed by atoms with Crippen molar-refractivity contribution in [2.75, 3.05) is 6.79 Å². The fraction of sp³-hybridized carbons (Fsp3) is 0.158. The molecule has 7 heteroatoms. The molecule has 1 aliphatic heterocycles. The zero-order chi connectivity index (χ0) is 18.1. The van der Waals surface area contributed by atoms with Gasteiger partial charge in [0.15, 0.2) is 11.5 Å². The van der Waals surface area contributed by atoms with Gasteiger partial charge in [-0.2, -0.15) is 5.10 Å². The van der Waals surface area contributed by atoms with Gasteiger partial charge >= 0.3 is 5.97 Å². The summed E-state index contributed by atoms with van der Waals surface area (Å²) >= 11 is 5.95. The van der Waals surface area contributed by atoms with Crippen LogP contribution in [0.15, 0.2) is 48.5 Å². The Hall–Kier alpha value is -2.99. The molecule has 2 heterocycles. The average molecular weight is 371 g/mol. The van der Waals surface area contributed by atoms with Crippen molar-refractivity contribution >= 4 is 17.6 Å². The van der Waals surface area contributed by atoms with Gasteiger partial charge < -0.3 is 14.2 Å². The number of aryl methyl sites for hydroxylation is 1. The number of ether oxygens (including phenoxy) is 3. The summed E-state index contributed by atoms with van der Waals surface area (Å²) in [5, 5.41) is 5.11. The molecular weight excluding hydrogens is 356 g/mol. The summed E-state index contributed by atoms with van der Waals surface area (Å²) in [5.74, 6) is 0.980. The van der Waals surface area contributed by atoms with E-state index in [-0.39, 0.29) is 6.79 Å². The maximum absolute atomic E-state index is 12.6. The van der Waals surface area contributed by atoms with Crippen LogP contribution in [0.2, 0.25) is 5.02 Å². The van der Waals surface area contributed by atoms with Crippen LogP contribution < -0.4 is 14.2 Å². The van der Waals surface area contributed by atoms with Crippen LogP contribution >= 0.6 is 11.6 Å². The monoisotopic (exact) mass is 370 g/mol. The van der Waals surface area contributed by atoms with Crippen molar-refractivity contribution in [1.29, 1.82) is 0 Å². The molecule has 0 unspecified atom stereocenters. The molecule has 0 amide bonds. The van der Waals surface area contributed by atoms with Gasteiger partial charge in [-0.1, -0.05) is 18.5 Å². The molecule has 0 saturated heterocycles. The van der Waals surface area contributed by atoms with E-state index in [0.717, 1.165) is 17.8 Å². The first-order chi connectivity index (χ1) is 12.6. The minimum absolute atomic E-state index is 0.150. The lowest BCUT2D eigenvalue weighted by Crippen LogP contribution is -2.11. The van der Waals surface area contributed by atoms with Crippen LogP contribution in [0.25, 0.3) is 5.69 Å². The first-order valence-corrected chi connectivity index (χ1v) is 8.48. The van der Waals surface area contributed by atoms with Crippen LogP contribution in [0, 0.1) is 0 Å². The Balaban J connectivity index is 1.64. The van der Waals surface area contributed by atoms with Crippen LogP contribution in [0.1, 0.15) is 23.0 Å². The third kappa shape index (κ3) is 3.11. The van der Waals surface area contributed by atoms with Crippen LogP contribution in [-0.4, -0.2) is 22.5 Å².